The number of thiazole rings is 1. The SMILES string of the molecule is O=C(NCc1ncc(Cc2ccc(F)cc2)s1)Nc1ccc(Cl)cc1. The first-order valence-electron chi connectivity index (χ1n) is 7.57. The Morgan fingerprint density at radius 3 is 2.56 bits per heavy atom. The first kappa shape index (κ1) is 17.4. The number of aromatic nitrogens is 1. The van der Waals surface area contributed by atoms with Crippen LogP contribution in [0.15, 0.2) is 54.7 Å². The van der Waals surface area contributed by atoms with Crippen LogP contribution in [0, 0.1) is 5.82 Å². The van der Waals surface area contributed by atoms with Crippen LogP contribution in [0.25, 0.3) is 0 Å². The number of urea groups is 1. The molecule has 1 heterocycles. The lowest BCUT2D eigenvalue weighted by Gasteiger charge is -2.06. The lowest BCUT2D eigenvalue weighted by Crippen LogP contribution is -2.28. The Labute approximate surface area is 153 Å². The standard InChI is InChI=1S/C18H15ClFN3OS/c19-13-3-7-15(8-4-13)23-18(24)22-11-17-21-10-16(25-17)9-12-1-5-14(20)6-2-12/h1-8,10H,9,11H2,(H2,22,23,24). The van der Waals surface area contributed by atoms with Crippen LogP contribution in [0.5, 0.6) is 0 Å². The molecular formula is C18H15ClFN3OS. The van der Waals surface area contributed by atoms with Crippen LogP contribution in [0.2, 0.25) is 5.02 Å². The molecule has 0 unspecified atom stereocenters. The number of nitrogens with zero attached hydrogens (tertiary/aromatic N) is 1. The maximum atomic E-state index is 12.9. The van der Waals surface area contributed by atoms with E-state index in [1.165, 1.54) is 23.5 Å². The molecule has 3 aromatic rings. The highest BCUT2D eigenvalue weighted by molar-refractivity contribution is 7.11. The van der Waals surface area contributed by atoms with Crippen LogP contribution in [0.3, 0.4) is 0 Å². The van der Waals surface area contributed by atoms with E-state index in [1.54, 1.807) is 42.6 Å². The molecule has 2 N–H and O–H groups in total. The van der Waals surface area contributed by atoms with Crippen molar-refractivity contribution in [3.63, 3.8) is 0 Å². The Morgan fingerprint density at radius 1 is 1.12 bits per heavy atom. The molecule has 0 spiro atoms. The van der Waals surface area contributed by atoms with Crippen LogP contribution in [0.1, 0.15) is 15.4 Å². The fraction of sp³-hybridized carbons (Fsp3) is 0.111. The van der Waals surface area contributed by atoms with Gasteiger partial charge in [-0.1, -0.05) is 23.7 Å². The molecule has 0 aliphatic carbocycles. The first-order chi connectivity index (χ1) is 12.1. The topological polar surface area (TPSA) is 54.0 Å². The zero-order chi connectivity index (χ0) is 17.6. The number of benzene rings is 2. The molecule has 0 atom stereocenters. The monoisotopic (exact) mass is 375 g/mol. The summed E-state index contributed by atoms with van der Waals surface area (Å²) in [7, 11) is 0. The van der Waals surface area contributed by atoms with Crippen molar-refractivity contribution in [3.8, 4) is 0 Å². The molecule has 2 amide bonds. The van der Waals surface area contributed by atoms with Gasteiger partial charge in [0.25, 0.3) is 0 Å². The molecule has 1 aromatic heterocycles. The van der Waals surface area contributed by atoms with Gasteiger partial charge in [0.15, 0.2) is 0 Å². The van der Waals surface area contributed by atoms with E-state index in [4.69, 9.17) is 11.6 Å². The van der Waals surface area contributed by atoms with Crippen LogP contribution in [-0.2, 0) is 13.0 Å². The highest BCUT2D eigenvalue weighted by atomic mass is 35.5. The predicted molar refractivity (Wildman–Crippen MR) is 98.6 cm³/mol. The van der Waals surface area contributed by atoms with E-state index in [9.17, 15) is 9.18 Å². The number of hydrogen-bond donors (Lipinski definition) is 2. The summed E-state index contributed by atoms with van der Waals surface area (Å²) in [5.74, 6) is -0.246. The van der Waals surface area contributed by atoms with Gasteiger partial charge < -0.3 is 10.6 Å². The molecule has 4 nitrogen and oxygen atoms in total. The molecule has 0 saturated carbocycles. The Morgan fingerprint density at radius 2 is 1.84 bits per heavy atom. The van der Waals surface area contributed by atoms with E-state index in [0.717, 1.165) is 15.4 Å². The second-order valence-corrected chi connectivity index (χ2v) is 6.97. The molecule has 7 heteroatoms. The quantitative estimate of drug-likeness (QED) is 0.669. The Kier molecular flexibility index (Phi) is 5.63. The number of amides is 2. The van der Waals surface area contributed by atoms with Gasteiger partial charge >= 0.3 is 6.03 Å². The van der Waals surface area contributed by atoms with Crippen LogP contribution in [-0.4, -0.2) is 11.0 Å². The van der Waals surface area contributed by atoms with Gasteiger partial charge in [0, 0.05) is 28.2 Å². The van der Waals surface area contributed by atoms with Crippen molar-refractivity contribution in [3.05, 3.63) is 81.0 Å². The van der Waals surface area contributed by atoms with Gasteiger partial charge in [-0.2, -0.15) is 0 Å². The van der Waals surface area contributed by atoms with Crippen LogP contribution in [0.4, 0.5) is 14.9 Å². The normalized spacial score (nSPS) is 10.5. The zero-order valence-corrected chi connectivity index (χ0v) is 14.7. The zero-order valence-electron chi connectivity index (χ0n) is 13.1. The number of hydrogen-bond acceptors (Lipinski definition) is 3. The Hall–Kier alpha value is -2.44. The third kappa shape index (κ3) is 5.27. The van der Waals surface area contributed by atoms with Gasteiger partial charge in [-0.15, -0.1) is 11.3 Å². The van der Waals surface area contributed by atoms with Gasteiger partial charge in [-0.25, -0.2) is 14.2 Å². The highest BCUT2D eigenvalue weighted by Gasteiger charge is 2.06. The van der Waals surface area contributed by atoms with E-state index >= 15 is 0 Å². The number of carbonyl (C=O) groups excluding carboxylic acids is 1. The van der Waals surface area contributed by atoms with Gasteiger partial charge in [0.05, 0.1) is 6.54 Å². The molecule has 3 rings (SSSR count). The van der Waals surface area contributed by atoms with Gasteiger partial charge in [-0.05, 0) is 42.0 Å². The van der Waals surface area contributed by atoms with Crippen LogP contribution < -0.4 is 10.6 Å². The largest absolute Gasteiger partial charge is 0.331 e. The minimum atomic E-state index is -0.308. The average Bonchev–Trinajstić information content (AvgIpc) is 3.05. The molecule has 128 valence electrons. The lowest BCUT2D eigenvalue weighted by molar-refractivity contribution is 0.251. The van der Waals surface area contributed by atoms with Crippen molar-refractivity contribution in [2.24, 2.45) is 0 Å². The van der Waals surface area contributed by atoms with Crippen molar-refractivity contribution in [2.75, 3.05) is 5.32 Å². The van der Waals surface area contributed by atoms with Crippen molar-refractivity contribution in [1.29, 1.82) is 0 Å². The summed E-state index contributed by atoms with van der Waals surface area (Å²) in [5.41, 5.74) is 1.68. The summed E-state index contributed by atoms with van der Waals surface area (Å²) >= 11 is 7.32. The summed E-state index contributed by atoms with van der Waals surface area (Å²) in [6.07, 6.45) is 2.47. The van der Waals surface area contributed by atoms with Crippen molar-refractivity contribution in [1.82, 2.24) is 10.3 Å². The number of rotatable bonds is 5. The Bertz CT molecular complexity index is 850. The molecule has 2 aromatic carbocycles. The van der Waals surface area contributed by atoms with E-state index in [-0.39, 0.29) is 11.8 Å². The molecule has 0 fully saturated rings. The number of anilines is 1. The fourth-order valence-electron chi connectivity index (χ4n) is 2.18. The molecule has 0 aliphatic rings. The summed E-state index contributed by atoms with van der Waals surface area (Å²) in [5, 5.41) is 6.91. The van der Waals surface area contributed by atoms with Gasteiger partial charge in [-0.3, -0.25) is 0 Å². The van der Waals surface area contributed by atoms with Crippen molar-refractivity contribution in [2.45, 2.75) is 13.0 Å². The van der Waals surface area contributed by atoms with Gasteiger partial charge in [0.1, 0.15) is 10.8 Å². The number of nitrogens with one attached hydrogen (secondary N) is 2. The van der Waals surface area contributed by atoms with Crippen LogP contribution >= 0.6 is 22.9 Å². The minimum absolute atomic E-state index is 0.246. The molecule has 0 bridgehead atoms. The summed E-state index contributed by atoms with van der Waals surface area (Å²) in [4.78, 5) is 17.2. The smallest absolute Gasteiger partial charge is 0.319 e. The molecular weight excluding hydrogens is 361 g/mol. The molecule has 0 aliphatic heterocycles. The second kappa shape index (κ2) is 8.09. The van der Waals surface area contributed by atoms with E-state index in [2.05, 4.69) is 15.6 Å². The second-order valence-electron chi connectivity index (χ2n) is 5.34. The summed E-state index contributed by atoms with van der Waals surface area (Å²) in [6, 6.07) is 13.0. The minimum Gasteiger partial charge on any atom is -0.331 e. The number of carbonyl (C=O) groups is 1. The van der Waals surface area contributed by atoms with Crippen molar-refractivity contribution >= 4 is 34.7 Å². The summed E-state index contributed by atoms with van der Waals surface area (Å²) < 4.78 is 12.9. The average molecular weight is 376 g/mol. The van der Waals surface area contributed by atoms with Gasteiger partial charge in [0.2, 0.25) is 0 Å². The molecule has 0 saturated heterocycles. The van der Waals surface area contributed by atoms with Crippen molar-refractivity contribution < 1.29 is 9.18 Å². The van der Waals surface area contributed by atoms with E-state index < -0.39 is 0 Å². The molecule has 0 radical (unpaired) electrons. The number of halogens is 2. The van der Waals surface area contributed by atoms with E-state index in [1.807, 2.05) is 0 Å². The maximum absolute atomic E-state index is 12.9. The highest BCUT2D eigenvalue weighted by Crippen LogP contribution is 2.18. The predicted octanol–water partition coefficient (Wildman–Crippen LogP) is 4.85. The third-order valence-corrected chi connectivity index (χ3v) is 4.64. The summed E-state index contributed by atoms with van der Waals surface area (Å²) in [6.45, 7) is 0.341. The fourth-order valence-corrected chi connectivity index (χ4v) is 3.20. The maximum Gasteiger partial charge on any atom is 0.319 e. The lowest BCUT2D eigenvalue weighted by atomic mass is 10.1. The third-order valence-electron chi connectivity index (χ3n) is 3.40. The molecule has 25 heavy (non-hydrogen) atoms. The van der Waals surface area contributed by atoms with E-state index in [0.29, 0.717) is 23.7 Å². The first-order valence-corrected chi connectivity index (χ1v) is 8.76. The Balaban J connectivity index is 1.50.